The molecule has 0 N–H and O–H groups in total. The summed E-state index contributed by atoms with van der Waals surface area (Å²) in [6.07, 6.45) is 0. The van der Waals surface area contributed by atoms with Crippen LogP contribution in [0.25, 0.3) is 52.2 Å². The van der Waals surface area contributed by atoms with E-state index in [0.717, 1.165) is 5.75 Å². The van der Waals surface area contributed by atoms with Crippen LogP contribution in [0.4, 0.5) is 0 Å². The molecule has 0 unspecified atom stereocenters. The van der Waals surface area contributed by atoms with E-state index in [1.54, 1.807) is 7.11 Å². The number of ether oxygens (including phenoxy) is 1. The lowest BCUT2D eigenvalue weighted by Gasteiger charge is -2.06. The maximum atomic E-state index is 5.35. The molecule has 162 valence electrons. The van der Waals surface area contributed by atoms with Gasteiger partial charge < -0.3 is 4.74 Å². The molecule has 0 bridgehead atoms. The number of fused-ring (bicyclic) bond motifs is 2. The summed E-state index contributed by atoms with van der Waals surface area (Å²) in [6, 6.07) is 28.4. The number of hydrogen-bond donors (Lipinski definition) is 0. The molecule has 6 aromatic rings. The van der Waals surface area contributed by atoms with Gasteiger partial charge in [0, 0.05) is 56.4 Å². The Morgan fingerprint density at radius 2 is 1.27 bits per heavy atom. The number of hydrogen-bond acceptors (Lipinski definition) is 4. The Morgan fingerprint density at radius 1 is 0.636 bits per heavy atom. The Kier molecular flexibility index (Phi) is 5.10. The highest BCUT2D eigenvalue weighted by Crippen LogP contribution is 2.51. The predicted molar refractivity (Wildman–Crippen MR) is 147 cm³/mol. The number of aryl methyl sites for hydroxylation is 2. The zero-order valence-electron chi connectivity index (χ0n) is 18.6. The minimum atomic E-state index is 0.888. The molecule has 1 nitrogen and oxygen atoms in total. The molecule has 0 saturated carbocycles. The molecule has 0 amide bonds. The minimum Gasteiger partial charge on any atom is -0.497 e. The number of benzene rings is 3. The third-order valence-corrected chi connectivity index (χ3v) is 9.54. The van der Waals surface area contributed by atoms with Gasteiger partial charge in [0.25, 0.3) is 0 Å². The van der Waals surface area contributed by atoms with Crippen molar-refractivity contribution in [2.75, 3.05) is 7.11 Å². The van der Waals surface area contributed by atoms with E-state index in [0.29, 0.717) is 0 Å². The molecule has 4 heteroatoms. The smallest absolute Gasteiger partial charge is 0.118 e. The quantitative estimate of drug-likeness (QED) is 0.243. The van der Waals surface area contributed by atoms with Gasteiger partial charge in [0.15, 0.2) is 0 Å². The highest BCUT2D eigenvalue weighted by molar-refractivity contribution is 7.24. The van der Waals surface area contributed by atoms with E-state index in [1.807, 2.05) is 46.1 Å². The first-order chi connectivity index (χ1) is 16.1. The van der Waals surface area contributed by atoms with Gasteiger partial charge in [0.1, 0.15) is 5.75 Å². The Balaban J connectivity index is 1.60. The molecule has 0 spiro atoms. The van der Waals surface area contributed by atoms with Crippen molar-refractivity contribution in [3.05, 3.63) is 88.6 Å². The fourth-order valence-corrected chi connectivity index (χ4v) is 8.02. The SMILES string of the molecule is COc1ccc(-c2cc(-c3sc4ccccc4c3-c3c(C)sc4ccccc34)c(C)s2)cc1. The van der Waals surface area contributed by atoms with Gasteiger partial charge in [-0.3, -0.25) is 0 Å². The van der Waals surface area contributed by atoms with E-state index in [9.17, 15) is 0 Å². The molecule has 33 heavy (non-hydrogen) atoms. The second kappa shape index (κ2) is 8.14. The molecule has 3 heterocycles. The molecule has 3 aromatic heterocycles. The van der Waals surface area contributed by atoms with Crippen LogP contribution in [-0.2, 0) is 0 Å². The summed E-state index contributed by atoms with van der Waals surface area (Å²) in [6.45, 7) is 4.51. The largest absolute Gasteiger partial charge is 0.497 e. The summed E-state index contributed by atoms with van der Waals surface area (Å²) < 4.78 is 8.04. The average molecular weight is 483 g/mol. The summed E-state index contributed by atoms with van der Waals surface area (Å²) in [5.41, 5.74) is 5.35. The molecule has 0 fully saturated rings. The molecular formula is C29H22OS3. The van der Waals surface area contributed by atoms with Crippen molar-refractivity contribution in [2.45, 2.75) is 13.8 Å². The maximum Gasteiger partial charge on any atom is 0.118 e. The van der Waals surface area contributed by atoms with Crippen LogP contribution in [0.2, 0.25) is 0 Å². The third-order valence-electron chi connectivity index (χ3n) is 6.15. The summed E-state index contributed by atoms with van der Waals surface area (Å²) >= 11 is 5.67. The second-order valence-electron chi connectivity index (χ2n) is 8.14. The molecular weight excluding hydrogens is 461 g/mol. The van der Waals surface area contributed by atoms with Crippen molar-refractivity contribution in [3.8, 4) is 37.8 Å². The van der Waals surface area contributed by atoms with Gasteiger partial charge in [-0.05, 0) is 61.9 Å². The zero-order valence-corrected chi connectivity index (χ0v) is 21.1. The Bertz CT molecular complexity index is 1610. The third kappa shape index (κ3) is 3.41. The van der Waals surface area contributed by atoms with Crippen molar-refractivity contribution < 1.29 is 4.74 Å². The van der Waals surface area contributed by atoms with Gasteiger partial charge in [-0.15, -0.1) is 34.0 Å². The minimum absolute atomic E-state index is 0.888. The van der Waals surface area contributed by atoms with Crippen LogP contribution in [0, 0.1) is 13.8 Å². The second-order valence-corrected chi connectivity index (χ2v) is 11.7. The summed E-state index contributed by atoms with van der Waals surface area (Å²) in [7, 11) is 1.71. The van der Waals surface area contributed by atoms with Gasteiger partial charge in [-0.1, -0.05) is 36.4 Å². The maximum absolute atomic E-state index is 5.35. The van der Waals surface area contributed by atoms with E-state index in [2.05, 4.69) is 80.6 Å². The average Bonchev–Trinajstić information content (AvgIpc) is 3.50. The van der Waals surface area contributed by atoms with Gasteiger partial charge in [-0.25, -0.2) is 0 Å². The fraction of sp³-hybridized carbons (Fsp3) is 0.103. The number of rotatable bonds is 4. The number of methoxy groups -OCH3 is 1. The van der Waals surface area contributed by atoms with Crippen molar-refractivity contribution in [1.82, 2.24) is 0 Å². The van der Waals surface area contributed by atoms with Crippen LogP contribution in [0.5, 0.6) is 5.75 Å². The summed E-state index contributed by atoms with van der Waals surface area (Å²) in [5.74, 6) is 0.888. The van der Waals surface area contributed by atoms with Crippen molar-refractivity contribution in [3.63, 3.8) is 0 Å². The van der Waals surface area contributed by atoms with Gasteiger partial charge in [0.05, 0.1) is 7.11 Å². The monoisotopic (exact) mass is 482 g/mol. The molecule has 0 aliphatic carbocycles. The van der Waals surface area contributed by atoms with Crippen LogP contribution in [0.3, 0.4) is 0 Å². The van der Waals surface area contributed by atoms with Crippen molar-refractivity contribution in [1.29, 1.82) is 0 Å². The molecule has 0 aliphatic rings. The van der Waals surface area contributed by atoms with Crippen LogP contribution in [0.1, 0.15) is 9.75 Å². The van der Waals surface area contributed by atoms with Crippen molar-refractivity contribution in [2.24, 2.45) is 0 Å². The Hall–Kier alpha value is -2.92. The lowest BCUT2D eigenvalue weighted by atomic mass is 9.96. The highest BCUT2D eigenvalue weighted by Gasteiger charge is 2.23. The van der Waals surface area contributed by atoms with Crippen LogP contribution >= 0.6 is 34.0 Å². The first-order valence-corrected chi connectivity index (χ1v) is 13.3. The first kappa shape index (κ1) is 20.7. The Morgan fingerprint density at radius 3 is 1.97 bits per heavy atom. The molecule has 0 saturated heterocycles. The molecule has 0 aliphatic heterocycles. The first-order valence-electron chi connectivity index (χ1n) is 10.9. The van der Waals surface area contributed by atoms with Gasteiger partial charge in [0.2, 0.25) is 0 Å². The summed E-state index contributed by atoms with van der Waals surface area (Å²) in [5, 5.41) is 2.70. The lowest BCUT2D eigenvalue weighted by molar-refractivity contribution is 0.415. The number of thiophene rings is 3. The molecule has 3 aromatic carbocycles. The molecule has 0 radical (unpaired) electrons. The standard InChI is InChI=1S/C29H22OS3/c1-17-23(16-26(31-17)19-12-14-20(30-3)15-13-19)29-28(22-9-5-7-11-25(22)33-29)27-18(2)32-24-10-6-4-8-21(24)27/h4-16H,1-3H3. The van der Waals surface area contributed by atoms with E-state index >= 15 is 0 Å². The van der Waals surface area contributed by atoms with Crippen LogP contribution < -0.4 is 4.74 Å². The molecule has 0 atom stereocenters. The fourth-order valence-electron chi connectivity index (χ4n) is 4.57. The van der Waals surface area contributed by atoms with E-state index in [4.69, 9.17) is 4.74 Å². The Labute approximate surface area is 205 Å². The van der Waals surface area contributed by atoms with E-state index in [-0.39, 0.29) is 0 Å². The van der Waals surface area contributed by atoms with E-state index < -0.39 is 0 Å². The van der Waals surface area contributed by atoms with Gasteiger partial charge >= 0.3 is 0 Å². The normalized spacial score (nSPS) is 11.5. The summed E-state index contributed by atoms with van der Waals surface area (Å²) in [4.78, 5) is 5.40. The highest BCUT2D eigenvalue weighted by atomic mass is 32.1. The van der Waals surface area contributed by atoms with Crippen LogP contribution in [-0.4, -0.2) is 7.11 Å². The predicted octanol–water partition coefficient (Wildman–Crippen LogP) is 9.80. The van der Waals surface area contributed by atoms with Gasteiger partial charge in [-0.2, -0.15) is 0 Å². The molecule has 6 rings (SSSR count). The lowest BCUT2D eigenvalue weighted by Crippen LogP contribution is -1.82. The topological polar surface area (TPSA) is 9.23 Å². The van der Waals surface area contributed by atoms with Crippen molar-refractivity contribution >= 4 is 54.2 Å². The van der Waals surface area contributed by atoms with Crippen LogP contribution in [0.15, 0.2) is 78.9 Å². The van der Waals surface area contributed by atoms with E-state index in [1.165, 1.54) is 61.9 Å². The zero-order chi connectivity index (χ0) is 22.5.